The minimum absolute atomic E-state index is 0.00978. The van der Waals surface area contributed by atoms with Crippen molar-refractivity contribution in [3.05, 3.63) is 76.5 Å². The molecule has 122 valence electrons. The Kier molecular flexibility index (Phi) is 4.81. The van der Waals surface area contributed by atoms with Crippen molar-refractivity contribution < 1.29 is 9.90 Å². The van der Waals surface area contributed by atoms with E-state index in [2.05, 4.69) is 4.99 Å². The van der Waals surface area contributed by atoms with Crippen LogP contribution in [0.5, 0.6) is 0 Å². The lowest BCUT2D eigenvalue weighted by molar-refractivity contribution is -0.116. The quantitative estimate of drug-likeness (QED) is 0.762. The van der Waals surface area contributed by atoms with Gasteiger partial charge in [-0.15, -0.1) is 0 Å². The largest absolute Gasteiger partial charge is 0.511 e. The molecule has 1 unspecified atom stereocenters. The number of hydrogen-bond acceptors (Lipinski definition) is 3. The number of rotatable bonds is 3. The minimum Gasteiger partial charge on any atom is -0.511 e. The number of halogens is 1. The predicted octanol–water partition coefficient (Wildman–Crippen LogP) is 5.39. The summed E-state index contributed by atoms with van der Waals surface area (Å²) in [4.78, 5) is 17.0. The van der Waals surface area contributed by atoms with Crippen LogP contribution >= 0.6 is 11.6 Å². The van der Waals surface area contributed by atoms with Crippen molar-refractivity contribution in [1.82, 2.24) is 0 Å². The van der Waals surface area contributed by atoms with E-state index >= 15 is 0 Å². The third-order valence-corrected chi connectivity index (χ3v) is 4.53. The van der Waals surface area contributed by atoms with Crippen LogP contribution in [0, 0.1) is 0 Å². The van der Waals surface area contributed by atoms with Gasteiger partial charge in [0.1, 0.15) is 5.76 Å². The van der Waals surface area contributed by atoms with Crippen LogP contribution < -0.4 is 0 Å². The maximum Gasteiger partial charge on any atom is 0.168 e. The molecular weight excluding hydrogens is 322 g/mol. The number of aliphatic imine (C=N–C) groups is 1. The number of hydrogen-bond donors (Lipinski definition) is 1. The minimum atomic E-state index is -0.0825. The van der Waals surface area contributed by atoms with Crippen molar-refractivity contribution in [2.45, 2.75) is 25.7 Å². The first-order valence-corrected chi connectivity index (χ1v) is 8.24. The summed E-state index contributed by atoms with van der Waals surface area (Å²) in [7, 11) is 0. The summed E-state index contributed by atoms with van der Waals surface area (Å²) in [6.07, 6.45) is 0.819. The summed E-state index contributed by atoms with van der Waals surface area (Å²) in [5.41, 5.74) is 2.48. The van der Waals surface area contributed by atoms with E-state index in [0.717, 1.165) is 5.56 Å². The zero-order chi connectivity index (χ0) is 17.1. The standard InChI is InChI=1S/C20H18ClNO2/c1-13(22-17-10-6-5-9-16(17)21)20-18(23)11-15(12-19(20)24)14-7-3-2-4-8-14/h2-10,15,23H,11-12H2,1H3. The lowest BCUT2D eigenvalue weighted by Gasteiger charge is -2.23. The van der Waals surface area contributed by atoms with Crippen molar-refractivity contribution >= 4 is 28.8 Å². The number of para-hydroxylation sites is 1. The Hall–Kier alpha value is -2.39. The zero-order valence-corrected chi connectivity index (χ0v) is 14.1. The molecule has 0 radical (unpaired) electrons. The number of benzene rings is 2. The number of aliphatic hydroxyl groups is 1. The highest BCUT2D eigenvalue weighted by molar-refractivity contribution is 6.33. The highest BCUT2D eigenvalue weighted by Gasteiger charge is 2.30. The van der Waals surface area contributed by atoms with Crippen LogP contribution in [0.15, 0.2) is 70.9 Å². The normalized spacial score (nSPS) is 18.8. The molecule has 0 saturated carbocycles. The van der Waals surface area contributed by atoms with Crippen LogP contribution in [0.25, 0.3) is 0 Å². The zero-order valence-electron chi connectivity index (χ0n) is 13.4. The molecule has 0 heterocycles. The third kappa shape index (κ3) is 3.41. The smallest absolute Gasteiger partial charge is 0.168 e. The maximum absolute atomic E-state index is 12.6. The Bertz CT molecular complexity index is 825. The van der Waals surface area contributed by atoms with Crippen molar-refractivity contribution in [1.29, 1.82) is 0 Å². The number of carbonyl (C=O) groups excluding carboxylic acids is 1. The molecule has 0 spiro atoms. The molecule has 1 atom stereocenters. The first-order valence-electron chi connectivity index (χ1n) is 7.86. The lowest BCUT2D eigenvalue weighted by atomic mass is 9.81. The molecule has 0 amide bonds. The summed E-state index contributed by atoms with van der Waals surface area (Å²) < 4.78 is 0. The Labute approximate surface area is 146 Å². The molecule has 4 heteroatoms. The van der Waals surface area contributed by atoms with Crippen molar-refractivity contribution in [3.63, 3.8) is 0 Å². The lowest BCUT2D eigenvalue weighted by Crippen LogP contribution is -2.22. The summed E-state index contributed by atoms with van der Waals surface area (Å²) in [5.74, 6) is 0.0323. The van der Waals surface area contributed by atoms with Gasteiger partial charge in [0.25, 0.3) is 0 Å². The van der Waals surface area contributed by atoms with Gasteiger partial charge in [-0.05, 0) is 30.5 Å². The molecule has 3 rings (SSSR count). The van der Waals surface area contributed by atoms with Crippen molar-refractivity contribution in [3.8, 4) is 0 Å². The topological polar surface area (TPSA) is 49.7 Å². The van der Waals surface area contributed by atoms with Crippen molar-refractivity contribution in [2.24, 2.45) is 4.99 Å². The van der Waals surface area contributed by atoms with Gasteiger partial charge in [0.15, 0.2) is 5.78 Å². The Morgan fingerprint density at radius 3 is 2.42 bits per heavy atom. The molecule has 0 aromatic heterocycles. The van der Waals surface area contributed by atoms with E-state index in [-0.39, 0.29) is 17.5 Å². The number of carbonyl (C=O) groups is 1. The number of nitrogens with zero attached hydrogens (tertiary/aromatic N) is 1. The predicted molar refractivity (Wildman–Crippen MR) is 97.3 cm³/mol. The monoisotopic (exact) mass is 339 g/mol. The van der Waals surface area contributed by atoms with E-state index in [1.807, 2.05) is 42.5 Å². The van der Waals surface area contributed by atoms with Gasteiger partial charge in [-0.3, -0.25) is 9.79 Å². The summed E-state index contributed by atoms with van der Waals surface area (Å²) in [6, 6.07) is 17.0. The van der Waals surface area contributed by atoms with Gasteiger partial charge in [-0.25, -0.2) is 0 Å². The second kappa shape index (κ2) is 7.02. The van der Waals surface area contributed by atoms with Crippen LogP contribution in [0.1, 0.15) is 31.2 Å². The van der Waals surface area contributed by atoms with Gasteiger partial charge in [0.05, 0.1) is 22.0 Å². The van der Waals surface area contributed by atoms with E-state index in [9.17, 15) is 9.90 Å². The maximum atomic E-state index is 12.6. The van der Waals surface area contributed by atoms with Crippen LogP contribution in [-0.4, -0.2) is 16.6 Å². The number of aliphatic hydroxyl groups excluding tert-OH is 1. The fourth-order valence-electron chi connectivity index (χ4n) is 3.04. The van der Waals surface area contributed by atoms with Gasteiger partial charge < -0.3 is 5.11 Å². The molecule has 0 fully saturated rings. The molecule has 1 aliphatic carbocycles. The second-order valence-electron chi connectivity index (χ2n) is 5.91. The summed E-state index contributed by atoms with van der Waals surface area (Å²) in [6.45, 7) is 1.73. The van der Waals surface area contributed by atoms with Gasteiger partial charge in [-0.1, -0.05) is 54.1 Å². The van der Waals surface area contributed by atoms with Crippen molar-refractivity contribution in [2.75, 3.05) is 0 Å². The highest BCUT2D eigenvalue weighted by Crippen LogP contribution is 2.34. The Morgan fingerprint density at radius 1 is 1.08 bits per heavy atom. The SMILES string of the molecule is CC(=Nc1ccccc1Cl)C1=C(O)CC(c2ccccc2)CC1=O. The molecular formula is C20H18ClNO2. The molecule has 2 aromatic carbocycles. The van der Waals surface area contributed by atoms with E-state index in [1.165, 1.54) is 0 Å². The molecule has 24 heavy (non-hydrogen) atoms. The third-order valence-electron chi connectivity index (χ3n) is 4.21. The molecule has 0 bridgehead atoms. The van der Waals surface area contributed by atoms with Gasteiger partial charge in [0, 0.05) is 12.8 Å². The molecule has 1 aliphatic rings. The molecule has 1 N–H and O–H groups in total. The second-order valence-corrected chi connectivity index (χ2v) is 6.32. The van der Waals surface area contributed by atoms with E-state index in [4.69, 9.17) is 11.6 Å². The molecule has 0 saturated heterocycles. The molecule has 3 nitrogen and oxygen atoms in total. The van der Waals surface area contributed by atoms with E-state index in [1.54, 1.807) is 19.1 Å². The first-order chi connectivity index (χ1) is 11.6. The fourth-order valence-corrected chi connectivity index (χ4v) is 3.22. The average molecular weight is 340 g/mol. The number of Topliss-reactive ketones (excluding diaryl/α,β-unsaturated/α-hetero) is 1. The van der Waals surface area contributed by atoms with Crippen LogP contribution in [0.2, 0.25) is 5.02 Å². The Balaban J connectivity index is 1.91. The first kappa shape index (κ1) is 16.5. The highest BCUT2D eigenvalue weighted by atomic mass is 35.5. The summed E-state index contributed by atoms with van der Waals surface area (Å²) >= 11 is 6.11. The molecule has 2 aromatic rings. The number of allylic oxidation sites excluding steroid dienone is 2. The average Bonchev–Trinajstić information content (AvgIpc) is 2.57. The van der Waals surface area contributed by atoms with Gasteiger partial charge >= 0.3 is 0 Å². The van der Waals surface area contributed by atoms with E-state index < -0.39 is 0 Å². The summed E-state index contributed by atoms with van der Waals surface area (Å²) in [5, 5.41) is 10.9. The van der Waals surface area contributed by atoms with Crippen LogP contribution in [-0.2, 0) is 4.79 Å². The van der Waals surface area contributed by atoms with Crippen LogP contribution in [0.3, 0.4) is 0 Å². The van der Waals surface area contributed by atoms with Gasteiger partial charge in [0.2, 0.25) is 0 Å². The number of ketones is 1. The Morgan fingerprint density at radius 2 is 1.75 bits per heavy atom. The van der Waals surface area contributed by atoms with Crippen LogP contribution in [0.4, 0.5) is 5.69 Å². The fraction of sp³-hybridized carbons (Fsp3) is 0.200. The molecule has 0 aliphatic heterocycles. The van der Waals surface area contributed by atoms with E-state index in [0.29, 0.717) is 34.8 Å². The van der Waals surface area contributed by atoms with Gasteiger partial charge in [-0.2, -0.15) is 0 Å².